The lowest BCUT2D eigenvalue weighted by Gasteiger charge is -2.05. The van der Waals surface area contributed by atoms with Gasteiger partial charge in [0.05, 0.1) is 0 Å². The van der Waals surface area contributed by atoms with Crippen molar-refractivity contribution in [1.82, 2.24) is 9.97 Å². The van der Waals surface area contributed by atoms with Gasteiger partial charge in [-0.2, -0.15) is 0 Å². The molecule has 0 atom stereocenters. The summed E-state index contributed by atoms with van der Waals surface area (Å²) in [5.74, 6) is 0.560. The highest BCUT2D eigenvalue weighted by molar-refractivity contribution is 9.10. The fourth-order valence-electron chi connectivity index (χ4n) is 1.13. The zero-order valence-corrected chi connectivity index (χ0v) is 11.4. The second kappa shape index (κ2) is 5.41. The quantitative estimate of drug-likeness (QED) is 0.799. The van der Waals surface area contributed by atoms with Crippen molar-refractivity contribution in [3.63, 3.8) is 0 Å². The van der Waals surface area contributed by atoms with E-state index >= 15 is 0 Å². The first-order chi connectivity index (χ1) is 7.74. The summed E-state index contributed by atoms with van der Waals surface area (Å²) >= 11 is 6.64. The van der Waals surface area contributed by atoms with Crippen LogP contribution in [0.2, 0.25) is 0 Å². The molecule has 0 radical (unpaired) electrons. The third-order valence-electron chi connectivity index (χ3n) is 1.91. The van der Waals surface area contributed by atoms with Crippen LogP contribution in [0.25, 0.3) is 0 Å². The van der Waals surface area contributed by atoms with Crippen molar-refractivity contribution in [2.75, 3.05) is 0 Å². The van der Waals surface area contributed by atoms with Crippen LogP contribution in [0, 0.1) is 0 Å². The Bertz CT molecular complexity index is 474. The highest BCUT2D eigenvalue weighted by Crippen LogP contribution is 2.15. The molecule has 0 spiro atoms. The van der Waals surface area contributed by atoms with E-state index in [0.29, 0.717) is 17.1 Å². The van der Waals surface area contributed by atoms with E-state index in [1.807, 2.05) is 24.3 Å². The molecule has 0 saturated carbocycles. The highest BCUT2D eigenvalue weighted by Gasteiger charge is 1.98. The maximum atomic E-state index is 5.52. The number of aromatic nitrogens is 2. The lowest BCUT2D eigenvalue weighted by molar-refractivity contribution is 0.293. The lowest BCUT2D eigenvalue weighted by Crippen LogP contribution is -1.97. The van der Waals surface area contributed by atoms with Gasteiger partial charge in [-0.3, -0.25) is 0 Å². The van der Waals surface area contributed by atoms with Gasteiger partial charge >= 0.3 is 0 Å². The van der Waals surface area contributed by atoms with Crippen LogP contribution in [-0.2, 0) is 6.61 Å². The van der Waals surface area contributed by atoms with Crippen LogP contribution in [-0.4, -0.2) is 9.97 Å². The van der Waals surface area contributed by atoms with Crippen molar-refractivity contribution < 1.29 is 4.74 Å². The van der Waals surface area contributed by atoms with Gasteiger partial charge in [-0.15, -0.1) is 0 Å². The molecule has 16 heavy (non-hydrogen) atoms. The number of rotatable bonds is 3. The summed E-state index contributed by atoms with van der Waals surface area (Å²) in [7, 11) is 0. The third kappa shape index (κ3) is 3.28. The summed E-state index contributed by atoms with van der Waals surface area (Å²) in [5, 5.41) is 0. The Morgan fingerprint density at radius 2 is 1.81 bits per heavy atom. The zero-order valence-electron chi connectivity index (χ0n) is 8.23. The summed E-state index contributed by atoms with van der Waals surface area (Å²) in [4.78, 5) is 7.93. The Hall–Kier alpha value is -0.940. The van der Waals surface area contributed by atoms with Crippen LogP contribution in [0.4, 0.5) is 0 Å². The first-order valence-corrected chi connectivity index (χ1v) is 6.17. The predicted octanol–water partition coefficient (Wildman–Crippen LogP) is 3.58. The van der Waals surface area contributed by atoms with Gasteiger partial charge in [0, 0.05) is 10.5 Å². The fourth-order valence-corrected chi connectivity index (χ4v) is 1.69. The Morgan fingerprint density at radius 3 is 2.50 bits per heavy atom. The van der Waals surface area contributed by atoms with Gasteiger partial charge in [-0.1, -0.05) is 28.1 Å². The predicted molar refractivity (Wildman–Crippen MR) is 68.2 cm³/mol. The van der Waals surface area contributed by atoms with Gasteiger partial charge < -0.3 is 4.74 Å². The van der Waals surface area contributed by atoms with Crippen molar-refractivity contribution in [2.45, 2.75) is 6.61 Å². The molecule has 0 aliphatic heterocycles. The molecule has 0 aliphatic rings. The second-order valence-corrected chi connectivity index (χ2v) is 4.82. The molecule has 0 aliphatic carbocycles. The standard InChI is InChI=1S/C11H8Br2N2O/c12-9-3-1-8(2-4-9)6-16-11-5-10(13)14-7-15-11/h1-5,7H,6H2. The Kier molecular flexibility index (Phi) is 3.90. The van der Waals surface area contributed by atoms with Crippen LogP contribution in [0.3, 0.4) is 0 Å². The normalized spacial score (nSPS) is 10.1. The number of hydrogen-bond donors (Lipinski definition) is 0. The molecule has 5 heteroatoms. The maximum absolute atomic E-state index is 5.52. The molecule has 0 bridgehead atoms. The van der Waals surface area contributed by atoms with E-state index in [2.05, 4.69) is 41.8 Å². The highest BCUT2D eigenvalue weighted by atomic mass is 79.9. The van der Waals surface area contributed by atoms with Gasteiger partial charge in [0.2, 0.25) is 5.88 Å². The number of benzene rings is 1. The molecule has 0 unspecified atom stereocenters. The first kappa shape index (κ1) is 11.5. The van der Waals surface area contributed by atoms with E-state index in [1.165, 1.54) is 6.33 Å². The SMILES string of the molecule is Brc1ccc(COc2cc(Br)ncn2)cc1. The average Bonchev–Trinajstić information content (AvgIpc) is 2.28. The van der Waals surface area contributed by atoms with Crippen LogP contribution >= 0.6 is 31.9 Å². The van der Waals surface area contributed by atoms with E-state index in [-0.39, 0.29) is 0 Å². The molecule has 2 rings (SSSR count). The van der Waals surface area contributed by atoms with Gasteiger partial charge in [0.25, 0.3) is 0 Å². The van der Waals surface area contributed by atoms with Crippen molar-refractivity contribution in [3.05, 3.63) is 51.3 Å². The van der Waals surface area contributed by atoms with Crippen molar-refractivity contribution in [3.8, 4) is 5.88 Å². The fraction of sp³-hybridized carbons (Fsp3) is 0.0909. The molecule has 1 aromatic heterocycles. The van der Waals surface area contributed by atoms with Crippen molar-refractivity contribution >= 4 is 31.9 Å². The monoisotopic (exact) mass is 342 g/mol. The largest absolute Gasteiger partial charge is 0.473 e. The Balaban J connectivity index is 1.99. The van der Waals surface area contributed by atoms with Crippen LogP contribution in [0.15, 0.2) is 45.7 Å². The zero-order chi connectivity index (χ0) is 11.4. The molecular formula is C11H8Br2N2O. The minimum absolute atomic E-state index is 0.497. The van der Waals surface area contributed by atoms with Gasteiger partial charge in [0.15, 0.2) is 0 Å². The van der Waals surface area contributed by atoms with E-state index in [4.69, 9.17) is 4.74 Å². The number of ether oxygens (including phenoxy) is 1. The minimum Gasteiger partial charge on any atom is -0.473 e. The van der Waals surface area contributed by atoms with E-state index < -0.39 is 0 Å². The Labute approximate surface area is 110 Å². The summed E-state index contributed by atoms with van der Waals surface area (Å²) in [5.41, 5.74) is 1.10. The third-order valence-corrected chi connectivity index (χ3v) is 2.87. The van der Waals surface area contributed by atoms with Gasteiger partial charge in [-0.05, 0) is 33.6 Å². The molecule has 0 amide bonds. The van der Waals surface area contributed by atoms with Crippen molar-refractivity contribution in [2.24, 2.45) is 0 Å². The number of halogens is 2. The summed E-state index contributed by atoms with van der Waals surface area (Å²) < 4.78 is 7.29. The van der Waals surface area contributed by atoms with E-state index in [0.717, 1.165) is 10.0 Å². The topological polar surface area (TPSA) is 35.0 Å². The average molecular weight is 344 g/mol. The van der Waals surface area contributed by atoms with Crippen LogP contribution < -0.4 is 4.74 Å². The van der Waals surface area contributed by atoms with E-state index in [9.17, 15) is 0 Å². The number of nitrogens with zero attached hydrogens (tertiary/aromatic N) is 2. The molecule has 3 nitrogen and oxygen atoms in total. The molecule has 0 saturated heterocycles. The van der Waals surface area contributed by atoms with Gasteiger partial charge in [-0.25, -0.2) is 9.97 Å². The molecular weight excluding hydrogens is 336 g/mol. The summed E-state index contributed by atoms with van der Waals surface area (Å²) in [6.07, 6.45) is 1.46. The number of hydrogen-bond acceptors (Lipinski definition) is 3. The first-order valence-electron chi connectivity index (χ1n) is 4.59. The summed E-state index contributed by atoms with van der Waals surface area (Å²) in [6, 6.07) is 9.70. The molecule has 1 heterocycles. The summed E-state index contributed by atoms with van der Waals surface area (Å²) in [6.45, 7) is 0.497. The molecule has 0 N–H and O–H groups in total. The molecule has 82 valence electrons. The van der Waals surface area contributed by atoms with Crippen LogP contribution in [0.5, 0.6) is 5.88 Å². The molecule has 2 aromatic rings. The smallest absolute Gasteiger partial charge is 0.217 e. The Morgan fingerprint density at radius 1 is 1.06 bits per heavy atom. The van der Waals surface area contributed by atoms with Crippen LogP contribution in [0.1, 0.15) is 5.56 Å². The molecule has 1 aromatic carbocycles. The second-order valence-electron chi connectivity index (χ2n) is 3.09. The lowest BCUT2D eigenvalue weighted by atomic mass is 10.2. The minimum atomic E-state index is 0.497. The van der Waals surface area contributed by atoms with Crippen molar-refractivity contribution in [1.29, 1.82) is 0 Å². The van der Waals surface area contributed by atoms with E-state index in [1.54, 1.807) is 6.07 Å². The maximum Gasteiger partial charge on any atom is 0.217 e. The molecule has 0 fully saturated rings. The van der Waals surface area contributed by atoms with Gasteiger partial charge in [0.1, 0.15) is 17.5 Å².